The van der Waals surface area contributed by atoms with E-state index in [-0.39, 0.29) is 11.8 Å². The van der Waals surface area contributed by atoms with E-state index in [1.165, 1.54) is 0 Å². The number of hydrogen-bond donors (Lipinski definition) is 2. The molecule has 2 N–H and O–H groups in total. The van der Waals surface area contributed by atoms with E-state index in [9.17, 15) is 9.59 Å². The second-order valence-corrected chi connectivity index (χ2v) is 8.48. The van der Waals surface area contributed by atoms with E-state index in [1.807, 2.05) is 56.3 Å². The summed E-state index contributed by atoms with van der Waals surface area (Å²) in [7, 11) is 1.63. The topological polar surface area (TPSA) is 90.5 Å². The molecular formula is C26H30N6O2. The Hall–Kier alpha value is -3.78. The van der Waals surface area contributed by atoms with Gasteiger partial charge in [-0.3, -0.25) is 14.5 Å². The number of aromatic nitrogens is 2. The van der Waals surface area contributed by atoms with Crippen LogP contribution in [0.25, 0.3) is 0 Å². The summed E-state index contributed by atoms with van der Waals surface area (Å²) in [5, 5.41) is 5.96. The van der Waals surface area contributed by atoms with Crippen LogP contribution in [0.1, 0.15) is 27.3 Å². The number of para-hydroxylation sites is 1. The van der Waals surface area contributed by atoms with Crippen LogP contribution in [-0.4, -0.2) is 64.3 Å². The molecular weight excluding hydrogens is 428 g/mol. The number of amides is 2. The summed E-state index contributed by atoms with van der Waals surface area (Å²) in [5.74, 6) is 0.234. The summed E-state index contributed by atoms with van der Waals surface area (Å²) in [6.45, 7) is 5.93. The number of carbonyl (C=O) groups excluding carboxylic acids is 2. The summed E-state index contributed by atoms with van der Waals surface area (Å²) >= 11 is 0. The number of rotatable bonds is 6. The number of aryl methyl sites for hydroxylation is 2. The Kier molecular flexibility index (Phi) is 7.18. The number of likely N-dealkylation sites (N-methyl/N-ethyl adjacent to an activating group) is 1. The van der Waals surface area contributed by atoms with Gasteiger partial charge >= 0.3 is 0 Å². The van der Waals surface area contributed by atoms with Crippen LogP contribution in [0.4, 0.5) is 11.6 Å². The lowest BCUT2D eigenvalue weighted by Gasteiger charge is -2.40. The van der Waals surface area contributed by atoms with Crippen molar-refractivity contribution in [2.24, 2.45) is 0 Å². The Morgan fingerprint density at radius 3 is 2.35 bits per heavy atom. The largest absolute Gasteiger partial charge is 0.358 e. The van der Waals surface area contributed by atoms with Crippen LogP contribution in [0.15, 0.2) is 60.7 Å². The molecule has 176 valence electrons. The first kappa shape index (κ1) is 23.4. The third-order valence-electron chi connectivity index (χ3n) is 5.94. The highest BCUT2D eigenvalue weighted by molar-refractivity contribution is 6.00. The maximum Gasteiger partial charge on any atom is 0.256 e. The molecule has 34 heavy (non-hydrogen) atoms. The van der Waals surface area contributed by atoms with Gasteiger partial charge in [-0.2, -0.15) is 0 Å². The van der Waals surface area contributed by atoms with Crippen molar-refractivity contribution in [3.8, 4) is 0 Å². The quantitative estimate of drug-likeness (QED) is 0.590. The van der Waals surface area contributed by atoms with Crippen LogP contribution < -0.4 is 10.6 Å². The van der Waals surface area contributed by atoms with E-state index in [4.69, 9.17) is 0 Å². The predicted octanol–water partition coefficient (Wildman–Crippen LogP) is 2.91. The van der Waals surface area contributed by atoms with Gasteiger partial charge in [-0.25, -0.2) is 9.97 Å². The van der Waals surface area contributed by atoms with Crippen molar-refractivity contribution in [3.05, 3.63) is 83.2 Å². The number of nitrogens with zero attached hydrogens (tertiary/aromatic N) is 4. The second kappa shape index (κ2) is 10.4. The van der Waals surface area contributed by atoms with Crippen molar-refractivity contribution in [1.82, 2.24) is 25.1 Å². The van der Waals surface area contributed by atoms with Gasteiger partial charge in [0.05, 0.1) is 11.3 Å². The lowest BCUT2D eigenvalue weighted by molar-refractivity contribution is -0.128. The number of nitrogens with one attached hydrogen (secondary N) is 2. The molecule has 8 heteroatoms. The number of benzene rings is 2. The van der Waals surface area contributed by atoms with Gasteiger partial charge in [0, 0.05) is 44.6 Å². The lowest BCUT2D eigenvalue weighted by Crippen LogP contribution is -2.59. The summed E-state index contributed by atoms with van der Waals surface area (Å²) in [6, 6.07) is 18.9. The van der Waals surface area contributed by atoms with Crippen molar-refractivity contribution in [3.63, 3.8) is 0 Å². The van der Waals surface area contributed by atoms with Crippen LogP contribution >= 0.6 is 0 Å². The third-order valence-corrected chi connectivity index (χ3v) is 5.94. The van der Waals surface area contributed by atoms with Crippen molar-refractivity contribution in [2.45, 2.75) is 26.4 Å². The Morgan fingerprint density at radius 1 is 0.971 bits per heavy atom. The van der Waals surface area contributed by atoms with Gasteiger partial charge in [0.15, 0.2) is 0 Å². The maximum absolute atomic E-state index is 13.6. The molecule has 1 atom stereocenters. The molecule has 2 aromatic carbocycles. The third kappa shape index (κ3) is 5.40. The lowest BCUT2D eigenvalue weighted by atomic mass is 10.1. The number of hydrogen-bond acceptors (Lipinski definition) is 6. The minimum Gasteiger partial charge on any atom is -0.358 e. The molecule has 0 aliphatic carbocycles. The molecule has 3 aromatic rings. The molecule has 2 heterocycles. The standard InChI is InChI=1S/C26H30N6O2/c1-18-15-19(2)29-26(28-18)30-22-12-8-7-11-21(22)25(34)32-14-13-31(23(17-32)24(33)27-3)16-20-9-5-4-6-10-20/h4-12,15,23H,13-14,16-17H2,1-3H3,(H,27,33)(H,28,29,30). The van der Waals surface area contributed by atoms with Crippen LogP contribution in [0.2, 0.25) is 0 Å². The smallest absolute Gasteiger partial charge is 0.256 e. The maximum atomic E-state index is 13.6. The Labute approximate surface area is 200 Å². The molecule has 0 radical (unpaired) electrons. The fourth-order valence-corrected chi connectivity index (χ4v) is 4.28. The van der Waals surface area contributed by atoms with Crippen molar-refractivity contribution >= 4 is 23.5 Å². The molecule has 1 unspecified atom stereocenters. The van der Waals surface area contributed by atoms with Crippen LogP contribution in [-0.2, 0) is 11.3 Å². The van der Waals surface area contributed by atoms with Gasteiger partial charge in [0.1, 0.15) is 6.04 Å². The molecule has 0 saturated carbocycles. The average molecular weight is 459 g/mol. The number of carbonyl (C=O) groups is 2. The summed E-state index contributed by atoms with van der Waals surface area (Å²) in [4.78, 5) is 39.0. The summed E-state index contributed by atoms with van der Waals surface area (Å²) in [6.07, 6.45) is 0. The first-order chi connectivity index (χ1) is 16.4. The first-order valence-corrected chi connectivity index (χ1v) is 11.4. The molecule has 2 amide bonds. The minimum atomic E-state index is -0.425. The van der Waals surface area contributed by atoms with E-state index in [2.05, 4.69) is 37.6 Å². The highest BCUT2D eigenvalue weighted by atomic mass is 16.2. The normalized spacial score (nSPS) is 16.2. The molecule has 1 aliphatic heterocycles. The number of piperazine rings is 1. The first-order valence-electron chi connectivity index (χ1n) is 11.4. The van der Waals surface area contributed by atoms with Crippen molar-refractivity contribution in [2.75, 3.05) is 32.0 Å². The molecule has 1 fully saturated rings. The van der Waals surface area contributed by atoms with Crippen molar-refractivity contribution < 1.29 is 9.59 Å². The minimum absolute atomic E-state index is 0.0940. The van der Waals surface area contributed by atoms with Gasteiger partial charge < -0.3 is 15.5 Å². The Bertz CT molecular complexity index is 1150. The SMILES string of the molecule is CNC(=O)C1CN(C(=O)c2ccccc2Nc2nc(C)cc(C)n2)CCN1Cc1ccccc1. The zero-order valence-corrected chi connectivity index (χ0v) is 19.8. The van der Waals surface area contributed by atoms with E-state index in [0.717, 1.165) is 17.0 Å². The molecule has 1 saturated heterocycles. The van der Waals surface area contributed by atoms with Gasteiger partial charge in [-0.15, -0.1) is 0 Å². The molecule has 4 rings (SSSR count). The van der Waals surface area contributed by atoms with E-state index < -0.39 is 6.04 Å². The zero-order chi connectivity index (χ0) is 24.1. The predicted molar refractivity (Wildman–Crippen MR) is 132 cm³/mol. The van der Waals surface area contributed by atoms with Gasteiger partial charge in [0.25, 0.3) is 5.91 Å². The van der Waals surface area contributed by atoms with Crippen LogP contribution in [0.3, 0.4) is 0 Å². The van der Waals surface area contributed by atoms with Gasteiger partial charge in [-0.1, -0.05) is 42.5 Å². The highest BCUT2D eigenvalue weighted by Gasteiger charge is 2.34. The average Bonchev–Trinajstić information content (AvgIpc) is 2.84. The zero-order valence-electron chi connectivity index (χ0n) is 19.8. The Morgan fingerprint density at radius 2 is 1.65 bits per heavy atom. The van der Waals surface area contributed by atoms with E-state index in [0.29, 0.717) is 43.4 Å². The van der Waals surface area contributed by atoms with E-state index in [1.54, 1.807) is 18.0 Å². The fraction of sp³-hybridized carbons (Fsp3) is 0.308. The van der Waals surface area contributed by atoms with Crippen LogP contribution in [0, 0.1) is 13.8 Å². The van der Waals surface area contributed by atoms with Gasteiger partial charge in [0.2, 0.25) is 11.9 Å². The second-order valence-electron chi connectivity index (χ2n) is 8.48. The van der Waals surface area contributed by atoms with Crippen LogP contribution in [0.5, 0.6) is 0 Å². The molecule has 1 aromatic heterocycles. The molecule has 0 spiro atoms. The monoisotopic (exact) mass is 458 g/mol. The Balaban J connectivity index is 1.53. The molecule has 0 bridgehead atoms. The molecule has 8 nitrogen and oxygen atoms in total. The summed E-state index contributed by atoms with van der Waals surface area (Å²) in [5.41, 5.74) is 4.00. The van der Waals surface area contributed by atoms with Gasteiger partial charge in [-0.05, 0) is 37.6 Å². The molecule has 1 aliphatic rings. The van der Waals surface area contributed by atoms with Crippen molar-refractivity contribution in [1.29, 1.82) is 0 Å². The van der Waals surface area contributed by atoms with E-state index >= 15 is 0 Å². The highest BCUT2D eigenvalue weighted by Crippen LogP contribution is 2.23. The summed E-state index contributed by atoms with van der Waals surface area (Å²) < 4.78 is 0. The number of anilines is 2. The fourth-order valence-electron chi connectivity index (χ4n) is 4.28.